The summed E-state index contributed by atoms with van der Waals surface area (Å²) in [5, 5.41) is 9.17. The Morgan fingerprint density at radius 3 is 2.60 bits per heavy atom. The van der Waals surface area contributed by atoms with Gasteiger partial charge in [-0.25, -0.2) is 4.98 Å². The number of hydrogen-bond acceptors (Lipinski definition) is 3. The third kappa shape index (κ3) is 2.42. The van der Waals surface area contributed by atoms with Crippen LogP contribution in [-0.4, -0.2) is 4.98 Å². The smallest absolute Gasteiger partial charge is 0.238 e. The molecule has 0 saturated carbocycles. The van der Waals surface area contributed by atoms with E-state index in [-0.39, 0.29) is 0 Å². The maximum atomic E-state index is 8.75. The molecule has 0 bridgehead atoms. The van der Waals surface area contributed by atoms with Crippen molar-refractivity contribution in [2.75, 3.05) is 0 Å². The summed E-state index contributed by atoms with van der Waals surface area (Å²) in [7, 11) is 0. The third-order valence-corrected chi connectivity index (χ3v) is 3.10. The van der Waals surface area contributed by atoms with Gasteiger partial charge in [0.1, 0.15) is 10.5 Å². The Balaban J connectivity index is 1.96. The van der Waals surface area contributed by atoms with E-state index in [9.17, 15) is 0 Å². The summed E-state index contributed by atoms with van der Waals surface area (Å²) in [6.45, 7) is 0. The molecule has 0 spiro atoms. The van der Waals surface area contributed by atoms with Crippen molar-refractivity contribution in [1.82, 2.24) is 4.98 Å². The van der Waals surface area contributed by atoms with E-state index in [1.165, 1.54) is 0 Å². The van der Waals surface area contributed by atoms with Gasteiger partial charge in [0.05, 0.1) is 11.6 Å². The van der Waals surface area contributed by atoms with Crippen LogP contribution in [0.3, 0.4) is 0 Å². The first-order valence-electron chi connectivity index (χ1n) is 5.99. The molecule has 0 saturated heterocycles. The van der Waals surface area contributed by atoms with E-state index in [1.807, 2.05) is 36.4 Å². The Morgan fingerprint density at radius 2 is 1.90 bits per heavy atom. The van der Waals surface area contributed by atoms with Crippen LogP contribution >= 0.6 is 11.6 Å². The van der Waals surface area contributed by atoms with Crippen molar-refractivity contribution in [2.24, 2.45) is 0 Å². The second-order valence-electron chi connectivity index (χ2n) is 4.21. The molecule has 0 aliphatic heterocycles. The van der Waals surface area contributed by atoms with Crippen LogP contribution in [0.25, 0.3) is 22.2 Å². The number of rotatable bonds is 2. The summed E-state index contributed by atoms with van der Waals surface area (Å²) >= 11 is 6.23. The van der Waals surface area contributed by atoms with Crippen LogP contribution in [0.4, 0.5) is 0 Å². The van der Waals surface area contributed by atoms with Gasteiger partial charge in [-0.05, 0) is 35.9 Å². The van der Waals surface area contributed by atoms with Gasteiger partial charge in [0.2, 0.25) is 5.89 Å². The molecular formula is C16H9ClN2O. The summed E-state index contributed by atoms with van der Waals surface area (Å²) in [6, 6.07) is 16.7. The van der Waals surface area contributed by atoms with E-state index < -0.39 is 0 Å². The lowest BCUT2D eigenvalue weighted by molar-refractivity contribution is 0.588. The molecule has 0 aliphatic rings. The molecule has 0 unspecified atom stereocenters. The average molecular weight is 281 g/mol. The number of nitriles is 1. The van der Waals surface area contributed by atoms with Crippen LogP contribution in [0.2, 0.25) is 0 Å². The fourth-order valence-corrected chi connectivity index (χ4v) is 2.04. The minimum atomic E-state index is 0.386. The molecule has 2 aromatic carbocycles. The summed E-state index contributed by atoms with van der Waals surface area (Å²) in [6.07, 6.45) is 1.76. The van der Waals surface area contributed by atoms with Crippen LogP contribution in [0.1, 0.15) is 17.0 Å². The number of fused-ring (bicyclic) bond motifs is 1. The van der Waals surface area contributed by atoms with E-state index in [2.05, 4.69) is 11.1 Å². The lowest BCUT2D eigenvalue weighted by Crippen LogP contribution is -1.79. The Labute approximate surface area is 120 Å². The van der Waals surface area contributed by atoms with E-state index >= 15 is 0 Å². The maximum Gasteiger partial charge on any atom is 0.238 e. The second kappa shape index (κ2) is 5.20. The van der Waals surface area contributed by atoms with Gasteiger partial charge in [-0.15, -0.1) is 0 Å². The first-order chi connectivity index (χ1) is 9.76. The number of para-hydroxylation sites is 2. The zero-order valence-corrected chi connectivity index (χ0v) is 11.1. The molecule has 20 heavy (non-hydrogen) atoms. The number of oxazole rings is 1. The molecule has 3 nitrogen and oxygen atoms in total. The van der Waals surface area contributed by atoms with E-state index in [4.69, 9.17) is 21.3 Å². The molecule has 0 amide bonds. The standard InChI is InChI=1S/C16H9ClN2O/c17-13(9-11-5-7-12(10-18)8-6-11)16-19-14-3-1-2-4-15(14)20-16/h1-9H/b13-9-. The minimum absolute atomic E-state index is 0.386. The predicted molar refractivity (Wildman–Crippen MR) is 78.9 cm³/mol. The third-order valence-electron chi connectivity index (χ3n) is 2.83. The zero-order valence-electron chi connectivity index (χ0n) is 10.4. The molecule has 4 heteroatoms. The SMILES string of the molecule is N#Cc1ccc(/C=C(\Cl)c2nc3ccccc3o2)cc1. The average Bonchev–Trinajstić information content (AvgIpc) is 2.92. The molecule has 1 heterocycles. The summed E-state index contributed by atoms with van der Waals surface area (Å²) in [5.41, 5.74) is 2.97. The summed E-state index contributed by atoms with van der Waals surface area (Å²) < 4.78 is 5.58. The largest absolute Gasteiger partial charge is 0.435 e. The van der Waals surface area contributed by atoms with Crippen molar-refractivity contribution >= 4 is 33.8 Å². The molecular weight excluding hydrogens is 272 g/mol. The molecule has 0 fully saturated rings. The van der Waals surface area contributed by atoms with Crippen LogP contribution in [0, 0.1) is 11.3 Å². The van der Waals surface area contributed by atoms with Crippen LogP contribution in [0.15, 0.2) is 52.9 Å². The quantitative estimate of drug-likeness (QED) is 0.697. The molecule has 0 atom stereocenters. The molecule has 96 valence electrons. The van der Waals surface area contributed by atoms with Gasteiger partial charge in [0.15, 0.2) is 5.58 Å². The van der Waals surface area contributed by atoms with Gasteiger partial charge in [0, 0.05) is 0 Å². The van der Waals surface area contributed by atoms with Crippen LogP contribution < -0.4 is 0 Å². The summed E-state index contributed by atoms with van der Waals surface area (Å²) in [5.74, 6) is 0.386. The van der Waals surface area contributed by atoms with E-state index in [1.54, 1.807) is 18.2 Å². The van der Waals surface area contributed by atoms with Crippen molar-refractivity contribution in [3.63, 3.8) is 0 Å². The van der Waals surface area contributed by atoms with Crippen molar-refractivity contribution in [2.45, 2.75) is 0 Å². The maximum absolute atomic E-state index is 8.75. The van der Waals surface area contributed by atoms with Crippen molar-refractivity contribution in [1.29, 1.82) is 5.26 Å². The van der Waals surface area contributed by atoms with Gasteiger partial charge >= 0.3 is 0 Å². The lowest BCUT2D eigenvalue weighted by Gasteiger charge is -1.95. The highest BCUT2D eigenvalue weighted by atomic mass is 35.5. The predicted octanol–water partition coefficient (Wildman–Crippen LogP) is 4.44. The number of benzene rings is 2. The van der Waals surface area contributed by atoms with Crippen molar-refractivity contribution in [3.05, 3.63) is 65.5 Å². The number of halogens is 1. The molecule has 0 aliphatic carbocycles. The van der Waals surface area contributed by atoms with Gasteiger partial charge < -0.3 is 4.42 Å². The molecule has 0 radical (unpaired) electrons. The Hall–Kier alpha value is -2.57. The highest BCUT2D eigenvalue weighted by Gasteiger charge is 2.08. The van der Waals surface area contributed by atoms with Crippen LogP contribution in [-0.2, 0) is 0 Å². The molecule has 1 aromatic heterocycles. The highest BCUT2D eigenvalue weighted by molar-refractivity contribution is 6.50. The Kier molecular flexibility index (Phi) is 3.24. The zero-order chi connectivity index (χ0) is 13.9. The Morgan fingerprint density at radius 1 is 1.15 bits per heavy atom. The first kappa shape index (κ1) is 12.5. The fourth-order valence-electron chi connectivity index (χ4n) is 1.84. The molecule has 0 N–H and O–H groups in total. The first-order valence-corrected chi connectivity index (χ1v) is 6.37. The molecule has 3 aromatic rings. The van der Waals surface area contributed by atoms with Gasteiger partial charge in [-0.2, -0.15) is 5.26 Å². The number of nitrogens with zero attached hydrogens (tertiary/aromatic N) is 2. The van der Waals surface area contributed by atoms with E-state index in [0.717, 1.165) is 11.1 Å². The highest BCUT2D eigenvalue weighted by Crippen LogP contribution is 2.25. The van der Waals surface area contributed by atoms with Crippen molar-refractivity contribution in [3.8, 4) is 6.07 Å². The van der Waals surface area contributed by atoms with Gasteiger partial charge in [-0.3, -0.25) is 0 Å². The van der Waals surface area contributed by atoms with Gasteiger partial charge in [-0.1, -0.05) is 35.9 Å². The lowest BCUT2D eigenvalue weighted by atomic mass is 10.1. The minimum Gasteiger partial charge on any atom is -0.435 e. The van der Waals surface area contributed by atoms with E-state index in [0.29, 0.717) is 22.1 Å². The summed E-state index contributed by atoms with van der Waals surface area (Å²) in [4.78, 5) is 4.32. The van der Waals surface area contributed by atoms with Gasteiger partial charge in [0.25, 0.3) is 0 Å². The molecule has 3 rings (SSSR count). The normalized spacial score (nSPS) is 11.5. The second-order valence-corrected chi connectivity index (χ2v) is 4.62. The fraction of sp³-hybridized carbons (Fsp3) is 0. The number of aromatic nitrogens is 1. The van der Waals surface area contributed by atoms with Crippen molar-refractivity contribution < 1.29 is 4.42 Å². The number of hydrogen-bond donors (Lipinski definition) is 0. The topological polar surface area (TPSA) is 49.8 Å². The monoisotopic (exact) mass is 280 g/mol. The Bertz CT molecular complexity index is 793. The van der Waals surface area contributed by atoms with Crippen LogP contribution in [0.5, 0.6) is 0 Å².